The predicted molar refractivity (Wildman–Crippen MR) is 152 cm³/mol. The molecule has 3 saturated heterocycles. The van der Waals surface area contributed by atoms with Crippen LogP contribution in [0.15, 0.2) is 48.5 Å². The molecule has 0 unspecified atom stereocenters. The van der Waals surface area contributed by atoms with Crippen LogP contribution in [0.3, 0.4) is 0 Å². The highest BCUT2D eigenvalue weighted by Crippen LogP contribution is 2.35. The Morgan fingerprint density at radius 3 is 2.23 bits per heavy atom. The van der Waals surface area contributed by atoms with Crippen LogP contribution in [0.5, 0.6) is 5.75 Å². The molecule has 3 fully saturated rings. The first-order valence-corrected chi connectivity index (χ1v) is 14.5. The van der Waals surface area contributed by atoms with E-state index in [1.165, 1.54) is 0 Å². The summed E-state index contributed by atoms with van der Waals surface area (Å²) in [4.78, 5) is 45.6. The van der Waals surface area contributed by atoms with Crippen molar-refractivity contribution in [1.29, 1.82) is 0 Å². The van der Waals surface area contributed by atoms with Crippen molar-refractivity contribution in [2.24, 2.45) is 11.3 Å². The molecule has 3 heterocycles. The van der Waals surface area contributed by atoms with E-state index in [1.807, 2.05) is 67.0 Å². The first kappa shape index (κ1) is 28.4. The smallest absolute Gasteiger partial charge is 0.410 e. The van der Waals surface area contributed by atoms with Gasteiger partial charge in [0.25, 0.3) is 0 Å². The van der Waals surface area contributed by atoms with Crippen molar-refractivity contribution in [2.45, 2.75) is 45.6 Å². The summed E-state index contributed by atoms with van der Waals surface area (Å²) in [5.41, 5.74) is 1.69. The minimum absolute atomic E-state index is 0.0769. The first-order valence-electron chi connectivity index (χ1n) is 14.1. The maximum atomic E-state index is 13.8. The number of benzene rings is 2. The Kier molecular flexibility index (Phi) is 8.38. The number of hydrogen-bond acceptors (Lipinski definition) is 5. The molecule has 5 rings (SSSR count). The highest BCUT2D eigenvalue weighted by atomic mass is 35.5. The summed E-state index contributed by atoms with van der Waals surface area (Å²) in [6, 6.07) is 14.8. The molecule has 2 aromatic rings. The van der Waals surface area contributed by atoms with E-state index in [4.69, 9.17) is 21.1 Å². The van der Waals surface area contributed by atoms with Crippen LogP contribution in [-0.4, -0.2) is 84.6 Å². The Morgan fingerprint density at radius 1 is 1.00 bits per heavy atom. The van der Waals surface area contributed by atoms with Gasteiger partial charge in [0.1, 0.15) is 5.75 Å². The molecule has 0 saturated carbocycles. The van der Waals surface area contributed by atoms with E-state index in [2.05, 4.69) is 0 Å². The number of hydrogen-bond donors (Lipinski definition) is 0. The van der Waals surface area contributed by atoms with Gasteiger partial charge in [-0.05, 0) is 63.4 Å². The van der Waals surface area contributed by atoms with E-state index in [-0.39, 0.29) is 29.7 Å². The molecule has 0 aromatic heterocycles. The summed E-state index contributed by atoms with van der Waals surface area (Å²) in [6.45, 7) is 9.32. The number of carbonyl (C=O) groups excluding carboxylic acids is 3. The monoisotopic (exact) mass is 567 g/mol. The Balaban J connectivity index is 1.29. The third-order valence-corrected chi connectivity index (χ3v) is 8.84. The molecule has 9 heteroatoms. The molecule has 0 N–H and O–H groups in total. The van der Waals surface area contributed by atoms with Crippen molar-refractivity contribution < 1.29 is 23.9 Å². The van der Waals surface area contributed by atoms with E-state index < -0.39 is 11.5 Å². The molecule has 0 bridgehead atoms. The lowest BCUT2D eigenvalue weighted by Gasteiger charge is -2.42. The fourth-order valence-corrected chi connectivity index (χ4v) is 6.21. The lowest BCUT2D eigenvalue weighted by molar-refractivity contribution is -0.170. The summed E-state index contributed by atoms with van der Waals surface area (Å²) < 4.78 is 11.0. The molecule has 2 atom stereocenters. The highest BCUT2D eigenvalue weighted by molar-refractivity contribution is 6.30. The zero-order valence-electron chi connectivity index (χ0n) is 23.5. The second-order valence-corrected chi connectivity index (χ2v) is 12.0. The minimum Gasteiger partial charge on any atom is -0.410 e. The van der Waals surface area contributed by atoms with Gasteiger partial charge in [0, 0.05) is 49.6 Å². The zero-order valence-corrected chi connectivity index (χ0v) is 24.2. The Labute approximate surface area is 241 Å². The third-order valence-electron chi connectivity index (χ3n) is 8.59. The molecule has 0 radical (unpaired) electrons. The number of likely N-dealkylation sites (N-methyl/N-ethyl adjacent to an activating group) is 1. The van der Waals surface area contributed by atoms with E-state index in [9.17, 15) is 14.4 Å². The Hall–Kier alpha value is -3.10. The molecule has 3 aliphatic rings. The van der Waals surface area contributed by atoms with Crippen molar-refractivity contribution in [3.8, 4) is 5.75 Å². The van der Waals surface area contributed by atoms with Gasteiger partial charge < -0.3 is 24.2 Å². The molecule has 0 aliphatic carbocycles. The molecular formula is C31H38ClN3O5. The standard InChI is InChI=1S/C31H38ClN3O5/c1-4-35(30(38)40-25-11-5-21(2)6-12-25)27-18-34(17-26(27)22-7-9-24(32)10-8-22)28(36)23-13-15-33(16-14-23)29(37)31(3)19-39-20-31/h5-12,23,26-27H,4,13-20H2,1-3H3/t26-,27+/m0/s1. The van der Waals surface area contributed by atoms with Crippen LogP contribution >= 0.6 is 11.6 Å². The van der Waals surface area contributed by atoms with Crippen molar-refractivity contribution in [2.75, 3.05) is 45.9 Å². The third kappa shape index (κ3) is 5.84. The molecule has 8 nitrogen and oxygen atoms in total. The molecule has 3 amide bonds. The largest absolute Gasteiger partial charge is 0.415 e. The number of carbonyl (C=O) groups is 3. The number of amides is 3. The Morgan fingerprint density at radius 2 is 1.65 bits per heavy atom. The summed E-state index contributed by atoms with van der Waals surface area (Å²) in [6.07, 6.45) is 0.854. The van der Waals surface area contributed by atoms with Gasteiger partial charge in [-0.1, -0.05) is 41.4 Å². The number of nitrogens with zero attached hydrogens (tertiary/aromatic N) is 3. The topological polar surface area (TPSA) is 79.4 Å². The van der Waals surface area contributed by atoms with Crippen LogP contribution in [-0.2, 0) is 14.3 Å². The van der Waals surface area contributed by atoms with Gasteiger partial charge in [0.15, 0.2) is 0 Å². The molecule has 2 aromatic carbocycles. The second kappa shape index (κ2) is 11.8. The van der Waals surface area contributed by atoms with Crippen LogP contribution in [0.1, 0.15) is 43.7 Å². The van der Waals surface area contributed by atoms with Gasteiger partial charge >= 0.3 is 6.09 Å². The number of piperidine rings is 1. The molecular weight excluding hydrogens is 530 g/mol. The van der Waals surface area contributed by atoms with Crippen molar-refractivity contribution in [3.63, 3.8) is 0 Å². The molecule has 40 heavy (non-hydrogen) atoms. The van der Waals surface area contributed by atoms with E-state index in [0.29, 0.717) is 69.6 Å². The van der Waals surface area contributed by atoms with Gasteiger partial charge in [-0.2, -0.15) is 0 Å². The minimum atomic E-state index is -0.429. The zero-order chi connectivity index (χ0) is 28.4. The lowest BCUT2D eigenvalue weighted by atomic mass is 9.85. The average Bonchev–Trinajstić information content (AvgIpc) is 3.38. The molecule has 3 aliphatic heterocycles. The maximum Gasteiger partial charge on any atom is 0.415 e. The SMILES string of the molecule is CCN(C(=O)Oc1ccc(C)cc1)[C@@H]1CN(C(=O)C2CCN(C(=O)C3(C)COC3)CC2)C[C@H]1c1ccc(Cl)cc1. The number of halogens is 1. The average molecular weight is 568 g/mol. The predicted octanol–water partition coefficient (Wildman–Crippen LogP) is 4.74. The van der Waals surface area contributed by atoms with Crippen LogP contribution in [0, 0.1) is 18.3 Å². The summed E-state index contributed by atoms with van der Waals surface area (Å²) in [5, 5.41) is 0.640. The van der Waals surface area contributed by atoms with Gasteiger partial charge in [-0.15, -0.1) is 0 Å². The van der Waals surface area contributed by atoms with Crippen molar-refractivity contribution in [1.82, 2.24) is 14.7 Å². The highest BCUT2D eigenvalue weighted by Gasteiger charge is 2.46. The number of likely N-dealkylation sites (tertiary alicyclic amines) is 2. The van der Waals surface area contributed by atoms with Crippen LogP contribution < -0.4 is 4.74 Å². The normalized spacial score (nSPS) is 22.5. The molecule has 214 valence electrons. The number of rotatable bonds is 6. The van der Waals surface area contributed by atoms with Gasteiger partial charge in [0.2, 0.25) is 11.8 Å². The van der Waals surface area contributed by atoms with Gasteiger partial charge in [0.05, 0.1) is 24.7 Å². The lowest BCUT2D eigenvalue weighted by Crippen LogP contribution is -2.55. The summed E-state index contributed by atoms with van der Waals surface area (Å²) in [5.74, 6) is 0.487. The van der Waals surface area contributed by atoms with Crippen LogP contribution in [0.2, 0.25) is 5.02 Å². The van der Waals surface area contributed by atoms with Crippen molar-refractivity contribution in [3.05, 3.63) is 64.7 Å². The number of ether oxygens (including phenoxy) is 2. The fourth-order valence-electron chi connectivity index (χ4n) is 6.09. The maximum absolute atomic E-state index is 13.8. The molecule has 0 spiro atoms. The second-order valence-electron chi connectivity index (χ2n) is 11.6. The fraction of sp³-hybridized carbons (Fsp3) is 0.516. The van der Waals surface area contributed by atoms with E-state index in [0.717, 1.165) is 11.1 Å². The van der Waals surface area contributed by atoms with Crippen LogP contribution in [0.25, 0.3) is 0 Å². The number of aryl methyl sites for hydroxylation is 1. The summed E-state index contributed by atoms with van der Waals surface area (Å²) in [7, 11) is 0. The van der Waals surface area contributed by atoms with Gasteiger partial charge in [-0.3, -0.25) is 9.59 Å². The van der Waals surface area contributed by atoms with E-state index in [1.54, 1.807) is 17.0 Å². The van der Waals surface area contributed by atoms with E-state index >= 15 is 0 Å². The summed E-state index contributed by atoms with van der Waals surface area (Å²) >= 11 is 6.17. The Bertz CT molecular complexity index is 1220. The van der Waals surface area contributed by atoms with Crippen LogP contribution in [0.4, 0.5) is 4.79 Å². The van der Waals surface area contributed by atoms with Gasteiger partial charge in [-0.25, -0.2) is 4.79 Å². The van der Waals surface area contributed by atoms with Crippen molar-refractivity contribution >= 4 is 29.5 Å². The first-order chi connectivity index (χ1) is 19.2. The quantitative estimate of drug-likeness (QED) is 0.504.